The second kappa shape index (κ2) is 10.6. The molecule has 1 heterocycles. The smallest absolute Gasteiger partial charge is 0.335 e. The van der Waals surface area contributed by atoms with Gasteiger partial charge in [-0.2, -0.15) is 0 Å². The average molecular weight is 469 g/mol. The van der Waals surface area contributed by atoms with Crippen molar-refractivity contribution in [2.75, 3.05) is 19.5 Å². The van der Waals surface area contributed by atoms with Gasteiger partial charge in [-0.3, -0.25) is 9.59 Å². The molecule has 9 heteroatoms. The number of carbonyl (C=O) groups excluding carboxylic acids is 2. The summed E-state index contributed by atoms with van der Waals surface area (Å²) in [6, 6.07) is 12.7. The van der Waals surface area contributed by atoms with Crippen molar-refractivity contribution in [3.63, 3.8) is 0 Å². The molecule has 0 spiro atoms. The number of aryl methyl sites for hydroxylation is 1. The van der Waals surface area contributed by atoms with Crippen molar-refractivity contribution < 1.29 is 29.0 Å². The fourth-order valence-electron chi connectivity index (χ4n) is 3.09. The van der Waals surface area contributed by atoms with Crippen LogP contribution in [-0.4, -0.2) is 37.1 Å². The molecule has 0 atom stereocenters. The van der Waals surface area contributed by atoms with Crippen molar-refractivity contribution in [1.82, 2.24) is 5.32 Å². The molecule has 0 fully saturated rings. The number of methoxy groups -OCH3 is 2. The van der Waals surface area contributed by atoms with Crippen LogP contribution in [0.15, 0.2) is 48.5 Å². The summed E-state index contributed by atoms with van der Waals surface area (Å²) in [5.74, 6) is -0.654. The zero-order valence-electron chi connectivity index (χ0n) is 18.4. The molecule has 0 aliphatic rings. The maximum absolute atomic E-state index is 12.9. The van der Waals surface area contributed by atoms with Gasteiger partial charge < -0.3 is 25.2 Å². The first kappa shape index (κ1) is 23.8. The third-order valence-corrected chi connectivity index (χ3v) is 6.09. The first-order chi connectivity index (χ1) is 15.9. The van der Waals surface area contributed by atoms with Gasteiger partial charge in [0.1, 0.15) is 5.00 Å². The molecule has 33 heavy (non-hydrogen) atoms. The highest BCUT2D eigenvalue weighted by molar-refractivity contribution is 7.16. The van der Waals surface area contributed by atoms with Crippen molar-refractivity contribution >= 4 is 34.1 Å². The summed E-state index contributed by atoms with van der Waals surface area (Å²) < 4.78 is 10.5. The van der Waals surface area contributed by atoms with E-state index in [2.05, 4.69) is 10.6 Å². The van der Waals surface area contributed by atoms with Crippen LogP contribution < -0.4 is 20.1 Å². The van der Waals surface area contributed by atoms with Crippen LogP contribution in [0, 0.1) is 0 Å². The third kappa shape index (κ3) is 5.69. The van der Waals surface area contributed by atoms with Gasteiger partial charge in [-0.25, -0.2) is 4.79 Å². The molecule has 3 rings (SSSR count). The number of ether oxygens (including phenoxy) is 2. The van der Waals surface area contributed by atoms with Crippen molar-refractivity contribution in [3.05, 3.63) is 75.7 Å². The Hall–Kier alpha value is -3.85. The van der Waals surface area contributed by atoms with Crippen LogP contribution in [0.25, 0.3) is 0 Å². The second-order valence-electron chi connectivity index (χ2n) is 7.02. The molecule has 0 saturated heterocycles. The quantitative estimate of drug-likeness (QED) is 0.434. The van der Waals surface area contributed by atoms with Crippen LogP contribution in [-0.2, 0) is 13.0 Å². The number of carboxylic acid groups (broad SMARTS) is 1. The standard InChI is InChI=1S/C24H24N2O6S/c1-4-17-12-18(22(28)25-13-14-5-10-19(31-2)20(11-14)32-3)23(33-17)26-21(27)15-6-8-16(9-7-15)24(29)30/h5-12H,4,13H2,1-3H3,(H,25,28)(H,26,27)(H,29,30). The molecule has 0 aliphatic heterocycles. The lowest BCUT2D eigenvalue weighted by Crippen LogP contribution is -2.24. The molecule has 8 nitrogen and oxygen atoms in total. The minimum absolute atomic E-state index is 0.0890. The number of rotatable bonds is 9. The van der Waals surface area contributed by atoms with Crippen LogP contribution in [0.2, 0.25) is 0 Å². The summed E-state index contributed by atoms with van der Waals surface area (Å²) in [6.07, 6.45) is 0.712. The Morgan fingerprint density at radius 3 is 2.18 bits per heavy atom. The van der Waals surface area contributed by atoms with E-state index >= 15 is 0 Å². The maximum Gasteiger partial charge on any atom is 0.335 e. The molecule has 0 unspecified atom stereocenters. The van der Waals surface area contributed by atoms with E-state index in [0.29, 0.717) is 34.0 Å². The largest absolute Gasteiger partial charge is 0.493 e. The predicted octanol–water partition coefficient (Wildman–Crippen LogP) is 4.21. The molecule has 3 N–H and O–H groups in total. The Balaban J connectivity index is 1.74. The van der Waals surface area contributed by atoms with Crippen molar-refractivity contribution in [3.8, 4) is 11.5 Å². The number of anilines is 1. The van der Waals surface area contributed by atoms with Gasteiger partial charge >= 0.3 is 5.97 Å². The van der Waals surface area contributed by atoms with Gasteiger partial charge in [0.2, 0.25) is 0 Å². The Labute approximate surface area is 195 Å². The van der Waals surface area contributed by atoms with Crippen molar-refractivity contribution in [1.29, 1.82) is 0 Å². The van der Waals surface area contributed by atoms with Gasteiger partial charge in [0, 0.05) is 17.0 Å². The first-order valence-electron chi connectivity index (χ1n) is 10.1. The Morgan fingerprint density at radius 1 is 0.909 bits per heavy atom. The fourth-order valence-corrected chi connectivity index (χ4v) is 4.07. The van der Waals surface area contributed by atoms with Gasteiger partial charge in [-0.05, 0) is 54.4 Å². The number of hydrogen-bond donors (Lipinski definition) is 3. The van der Waals surface area contributed by atoms with Crippen molar-refractivity contribution in [2.45, 2.75) is 19.9 Å². The molecule has 0 bridgehead atoms. The summed E-state index contributed by atoms with van der Waals surface area (Å²) in [5, 5.41) is 15.1. The van der Waals surface area contributed by atoms with Gasteiger partial charge in [0.15, 0.2) is 11.5 Å². The predicted molar refractivity (Wildman–Crippen MR) is 126 cm³/mol. The molecule has 2 amide bonds. The van der Waals surface area contributed by atoms with E-state index in [-0.39, 0.29) is 18.0 Å². The van der Waals surface area contributed by atoms with Gasteiger partial charge in [-0.15, -0.1) is 11.3 Å². The number of carbonyl (C=O) groups is 3. The third-order valence-electron chi connectivity index (χ3n) is 4.90. The first-order valence-corrected chi connectivity index (χ1v) is 10.9. The Morgan fingerprint density at radius 2 is 1.58 bits per heavy atom. The number of benzene rings is 2. The molecule has 0 aliphatic carbocycles. The van der Waals surface area contributed by atoms with E-state index in [4.69, 9.17) is 14.6 Å². The summed E-state index contributed by atoms with van der Waals surface area (Å²) in [7, 11) is 3.10. The summed E-state index contributed by atoms with van der Waals surface area (Å²) in [6.45, 7) is 2.23. The van der Waals surface area contributed by atoms with E-state index in [1.54, 1.807) is 32.4 Å². The van der Waals surface area contributed by atoms with E-state index in [1.165, 1.54) is 35.6 Å². The number of nitrogens with one attached hydrogen (secondary N) is 2. The summed E-state index contributed by atoms with van der Waals surface area (Å²) in [5.41, 5.74) is 1.58. The lowest BCUT2D eigenvalue weighted by molar-refractivity contribution is 0.0696. The molecule has 0 radical (unpaired) electrons. The zero-order valence-corrected chi connectivity index (χ0v) is 19.2. The van der Waals surface area contributed by atoms with Crippen LogP contribution >= 0.6 is 11.3 Å². The normalized spacial score (nSPS) is 10.4. The molecule has 0 saturated carbocycles. The highest BCUT2D eigenvalue weighted by atomic mass is 32.1. The molecule has 1 aromatic heterocycles. The molecule has 3 aromatic rings. The minimum Gasteiger partial charge on any atom is -0.493 e. The minimum atomic E-state index is -1.07. The van der Waals surface area contributed by atoms with E-state index in [9.17, 15) is 14.4 Å². The monoisotopic (exact) mass is 468 g/mol. The zero-order chi connectivity index (χ0) is 24.0. The number of amides is 2. The highest BCUT2D eigenvalue weighted by Crippen LogP contribution is 2.30. The molecule has 2 aromatic carbocycles. The number of hydrogen-bond acceptors (Lipinski definition) is 6. The molecule has 172 valence electrons. The lowest BCUT2D eigenvalue weighted by atomic mass is 10.1. The topological polar surface area (TPSA) is 114 Å². The second-order valence-corrected chi connectivity index (χ2v) is 8.15. The SMILES string of the molecule is CCc1cc(C(=O)NCc2ccc(OC)c(OC)c2)c(NC(=O)c2ccc(C(=O)O)cc2)s1. The van der Waals surface area contributed by atoms with E-state index < -0.39 is 11.9 Å². The Kier molecular flexibility index (Phi) is 7.68. The van der Waals surface area contributed by atoms with E-state index in [0.717, 1.165) is 10.4 Å². The molecular formula is C24H24N2O6S. The number of aromatic carboxylic acids is 1. The van der Waals surface area contributed by atoms with Gasteiger partial charge in [0.05, 0.1) is 25.3 Å². The average Bonchev–Trinajstić information content (AvgIpc) is 3.25. The summed E-state index contributed by atoms with van der Waals surface area (Å²) in [4.78, 5) is 37.5. The number of thiophene rings is 1. The van der Waals surface area contributed by atoms with Gasteiger partial charge in [0.25, 0.3) is 11.8 Å². The maximum atomic E-state index is 12.9. The highest BCUT2D eigenvalue weighted by Gasteiger charge is 2.19. The van der Waals surface area contributed by atoms with Gasteiger partial charge in [-0.1, -0.05) is 13.0 Å². The number of carboxylic acids is 1. The van der Waals surface area contributed by atoms with Crippen LogP contribution in [0.4, 0.5) is 5.00 Å². The van der Waals surface area contributed by atoms with E-state index in [1.807, 2.05) is 13.0 Å². The summed E-state index contributed by atoms with van der Waals surface area (Å²) >= 11 is 1.33. The molecular weight excluding hydrogens is 444 g/mol. The van der Waals surface area contributed by atoms with Crippen molar-refractivity contribution in [2.24, 2.45) is 0 Å². The van der Waals surface area contributed by atoms with Crippen LogP contribution in [0.1, 0.15) is 48.4 Å². The van der Waals surface area contributed by atoms with Crippen LogP contribution in [0.5, 0.6) is 11.5 Å². The fraction of sp³-hybridized carbons (Fsp3) is 0.208. The van der Waals surface area contributed by atoms with Crippen LogP contribution in [0.3, 0.4) is 0 Å². The Bertz CT molecular complexity index is 1170. The lowest BCUT2D eigenvalue weighted by Gasteiger charge is -2.11.